The highest BCUT2D eigenvalue weighted by Crippen LogP contribution is 2.38. The largest absolute Gasteiger partial charge is 0.240 e. The molecule has 0 amide bonds. The molecule has 1 heterocycles. The van der Waals surface area contributed by atoms with Crippen LogP contribution in [0.3, 0.4) is 0 Å². The summed E-state index contributed by atoms with van der Waals surface area (Å²) in [6, 6.07) is 0. The number of halogens is 1. The minimum absolute atomic E-state index is 0.647. The molecular weight excluding hydrogens is 240 g/mol. The lowest BCUT2D eigenvalue weighted by molar-refractivity contribution is 0.627. The summed E-state index contributed by atoms with van der Waals surface area (Å²) in [4.78, 5) is 8.97. The van der Waals surface area contributed by atoms with Gasteiger partial charge in [-0.2, -0.15) is 0 Å². The molecule has 14 heavy (non-hydrogen) atoms. The van der Waals surface area contributed by atoms with Gasteiger partial charge >= 0.3 is 0 Å². The molecule has 0 radical (unpaired) electrons. The molecule has 0 aliphatic heterocycles. The summed E-state index contributed by atoms with van der Waals surface area (Å²) in [5, 5.41) is 0. The molecule has 0 N–H and O–H groups in total. The van der Waals surface area contributed by atoms with E-state index in [0.29, 0.717) is 11.8 Å². The van der Waals surface area contributed by atoms with Crippen molar-refractivity contribution in [3.63, 3.8) is 0 Å². The van der Waals surface area contributed by atoms with Crippen molar-refractivity contribution in [3.8, 4) is 0 Å². The molecule has 2 nitrogen and oxygen atoms in total. The summed E-state index contributed by atoms with van der Waals surface area (Å²) in [5.41, 5.74) is 1.16. The van der Waals surface area contributed by atoms with Gasteiger partial charge in [-0.1, -0.05) is 13.8 Å². The summed E-state index contributed by atoms with van der Waals surface area (Å²) in [5.74, 6) is 2.34. The van der Waals surface area contributed by atoms with Gasteiger partial charge in [0.25, 0.3) is 0 Å². The predicted molar refractivity (Wildman–Crippen MR) is 60.2 cm³/mol. The number of hydrogen-bond donors (Lipinski definition) is 0. The Morgan fingerprint density at radius 2 is 2.21 bits per heavy atom. The third-order valence-corrected chi connectivity index (χ3v) is 3.04. The molecule has 0 unspecified atom stereocenters. The van der Waals surface area contributed by atoms with Crippen LogP contribution in [-0.4, -0.2) is 9.97 Å². The maximum Gasteiger partial charge on any atom is 0.131 e. The van der Waals surface area contributed by atoms with Crippen molar-refractivity contribution in [2.24, 2.45) is 5.92 Å². The molecule has 0 aromatic carbocycles. The van der Waals surface area contributed by atoms with Crippen LogP contribution in [0.15, 0.2) is 10.7 Å². The maximum atomic E-state index is 4.62. The molecule has 0 saturated heterocycles. The fourth-order valence-electron chi connectivity index (χ4n) is 1.49. The van der Waals surface area contributed by atoms with Crippen LogP contribution in [0.25, 0.3) is 0 Å². The minimum atomic E-state index is 0.647. The zero-order valence-corrected chi connectivity index (χ0v) is 10.2. The number of rotatable bonds is 3. The SMILES string of the molecule is CC(C)Cc1nc(C2CC2)ncc1Br. The van der Waals surface area contributed by atoms with E-state index in [2.05, 4.69) is 39.7 Å². The second-order valence-electron chi connectivity index (χ2n) is 4.40. The van der Waals surface area contributed by atoms with Crippen LogP contribution in [0.2, 0.25) is 0 Å². The average molecular weight is 255 g/mol. The van der Waals surface area contributed by atoms with Crippen LogP contribution in [0.4, 0.5) is 0 Å². The number of aromatic nitrogens is 2. The first-order valence-corrected chi connectivity index (χ1v) is 5.97. The molecule has 1 aliphatic rings. The molecule has 3 heteroatoms. The van der Waals surface area contributed by atoms with Crippen molar-refractivity contribution in [2.45, 2.75) is 39.0 Å². The highest BCUT2D eigenvalue weighted by Gasteiger charge is 2.26. The van der Waals surface area contributed by atoms with E-state index in [1.54, 1.807) is 0 Å². The summed E-state index contributed by atoms with van der Waals surface area (Å²) in [7, 11) is 0. The Kier molecular flexibility index (Phi) is 2.86. The van der Waals surface area contributed by atoms with E-state index >= 15 is 0 Å². The van der Waals surface area contributed by atoms with E-state index in [1.807, 2.05) is 6.20 Å². The Labute approximate surface area is 93.3 Å². The number of nitrogens with zero attached hydrogens (tertiary/aromatic N) is 2. The Balaban J connectivity index is 2.22. The summed E-state index contributed by atoms with van der Waals surface area (Å²) in [6.07, 6.45) is 5.46. The van der Waals surface area contributed by atoms with Crippen LogP contribution in [0.1, 0.15) is 44.1 Å². The highest BCUT2D eigenvalue weighted by atomic mass is 79.9. The van der Waals surface area contributed by atoms with E-state index < -0.39 is 0 Å². The first-order chi connectivity index (χ1) is 6.66. The third-order valence-electron chi connectivity index (χ3n) is 2.38. The lowest BCUT2D eigenvalue weighted by Crippen LogP contribution is -2.02. The first kappa shape index (κ1) is 10.1. The Hall–Kier alpha value is -0.440. The molecule has 1 saturated carbocycles. The van der Waals surface area contributed by atoms with Gasteiger partial charge in [0.2, 0.25) is 0 Å². The minimum Gasteiger partial charge on any atom is -0.240 e. The van der Waals surface area contributed by atoms with Gasteiger partial charge in [0, 0.05) is 12.1 Å². The summed E-state index contributed by atoms with van der Waals surface area (Å²) < 4.78 is 1.05. The molecule has 76 valence electrons. The molecule has 1 aromatic rings. The zero-order chi connectivity index (χ0) is 10.1. The monoisotopic (exact) mass is 254 g/mol. The van der Waals surface area contributed by atoms with Crippen LogP contribution in [0, 0.1) is 5.92 Å². The van der Waals surface area contributed by atoms with Crippen molar-refractivity contribution >= 4 is 15.9 Å². The standard InChI is InChI=1S/C11H15BrN2/c1-7(2)5-10-9(12)6-13-11(14-10)8-3-4-8/h6-8H,3-5H2,1-2H3. The summed E-state index contributed by atoms with van der Waals surface area (Å²) in [6.45, 7) is 4.43. The van der Waals surface area contributed by atoms with E-state index in [9.17, 15) is 0 Å². The van der Waals surface area contributed by atoms with E-state index in [1.165, 1.54) is 12.8 Å². The molecule has 0 spiro atoms. The lowest BCUT2D eigenvalue weighted by Gasteiger charge is -2.07. The average Bonchev–Trinajstić information content (AvgIpc) is 2.91. The first-order valence-electron chi connectivity index (χ1n) is 5.18. The van der Waals surface area contributed by atoms with E-state index in [0.717, 1.165) is 22.4 Å². The quantitative estimate of drug-likeness (QED) is 0.828. The molecule has 0 bridgehead atoms. The third kappa shape index (κ3) is 2.32. The Bertz CT molecular complexity index is 332. The fourth-order valence-corrected chi connectivity index (χ4v) is 1.84. The topological polar surface area (TPSA) is 25.8 Å². The van der Waals surface area contributed by atoms with Gasteiger partial charge in [-0.05, 0) is 41.1 Å². The second kappa shape index (κ2) is 3.97. The van der Waals surface area contributed by atoms with Gasteiger partial charge in [0.15, 0.2) is 0 Å². The number of hydrogen-bond acceptors (Lipinski definition) is 2. The van der Waals surface area contributed by atoms with Crippen molar-refractivity contribution < 1.29 is 0 Å². The highest BCUT2D eigenvalue weighted by molar-refractivity contribution is 9.10. The van der Waals surface area contributed by atoms with Crippen LogP contribution in [-0.2, 0) is 6.42 Å². The second-order valence-corrected chi connectivity index (χ2v) is 5.25. The fraction of sp³-hybridized carbons (Fsp3) is 0.636. The van der Waals surface area contributed by atoms with Crippen LogP contribution >= 0.6 is 15.9 Å². The van der Waals surface area contributed by atoms with Gasteiger partial charge in [-0.25, -0.2) is 9.97 Å². The molecule has 1 aromatic heterocycles. The van der Waals surface area contributed by atoms with Gasteiger partial charge < -0.3 is 0 Å². The van der Waals surface area contributed by atoms with Crippen molar-refractivity contribution in [2.75, 3.05) is 0 Å². The molecule has 2 rings (SSSR count). The van der Waals surface area contributed by atoms with Gasteiger partial charge in [-0.3, -0.25) is 0 Å². The molecule has 0 atom stereocenters. The molecule has 1 fully saturated rings. The van der Waals surface area contributed by atoms with E-state index in [4.69, 9.17) is 0 Å². The lowest BCUT2D eigenvalue weighted by atomic mass is 10.1. The van der Waals surface area contributed by atoms with Crippen LogP contribution < -0.4 is 0 Å². The Morgan fingerprint density at radius 3 is 2.79 bits per heavy atom. The van der Waals surface area contributed by atoms with E-state index in [-0.39, 0.29) is 0 Å². The van der Waals surface area contributed by atoms with Crippen molar-refractivity contribution in [1.29, 1.82) is 0 Å². The smallest absolute Gasteiger partial charge is 0.131 e. The van der Waals surface area contributed by atoms with Gasteiger partial charge in [0.1, 0.15) is 5.82 Å². The Morgan fingerprint density at radius 1 is 1.50 bits per heavy atom. The van der Waals surface area contributed by atoms with Crippen molar-refractivity contribution in [3.05, 3.63) is 22.2 Å². The maximum absolute atomic E-state index is 4.62. The zero-order valence-electron chi connectivity index (χ0n) is 8.63. The summed E-state index contributed by atoms with van der Waals surface area (Å²) >= 11 is 3.50. The molecule has 1 aliphatic carbocycles. The molecular formula is C11H15BrN2. The van der Waals surface area contributed by atoms with Crippen molar-refractivity contribution in [1.82, 2.24) is 9.97 Å². The van der Waals surface area contributed by atoms with Crippen LogP contribution in [0.5, 0.6) is 0 Å². The normalized spacial score (nSPS) is 16.3. The van der Waals surface area contributed by atoms with Gasteiger partial charge in [-0.15, -0.1) is 0 Å². The van der Waals surface area contributed by atoms with Gasteiger partial charge in [0.05, 0.1) is 10.2 Å². The predicted octanol–water partition coefficient (Wildman–Crippen LogP) is 3.32.